The highest BCUT2D eigenvalue weighted by Crippen LogP contribution is 2.51. The van der Waals surface area contributed by atoms with Crippen molar-refractivity contribution in [2.75, 3.05) is 20.8 Å². The minimum absolute atomic E-state index is 0.0836. The van der Waals surface area contributed by atoms with Gasteiger partial charge in [0.05, 0.1) is 25.4 Å². The summed E-state index contributed by atoms with van der Waals surface area (Å²) in [6.45, 7) is 7.63. The zero-order chi connectivity index (χ0) is 22.4. The number of carbonyl (C=O) groups is 1. The molecule has 1 aliphatic carbocycles. The Hall–Kier alpha value is -1.85. The average molecular weight is 431 g/mol. The molecule has 2 aliphatic rings. The molecule has 1 aromatic carbocycles. The molecule has 31 heavy (non-hydrogen) atoms. The standard InChI is InChI=1S/C26H38O5/c1-18(2)7-6-8-19(3)24-25(29-5)22(15-16-26(24)17-30-26)31-23(27)14-11-20-9-12-21(28-4)13-10-20/h9-14,18-19,22,24-25H,6-8,15-17H2,1-5H3/b14-11+/t19?,22-,24+,25-,26+/m1/s1. The van der Waals surface area contributed by atoms with E-state index >= 15 is 0 Å². The van der Waals surface area contributed by atoms with E-state index in [0.29, 0.717) is 11.8 Å². The predicted octanol–water partition coefficient (Wildman–Crippen LogP) is 5.28. The Morgan fingerprint density at radius 3 is 2.48 bits per heavy atom. The van der Waals surface area contributed by atoms with Gasteiger partial charge in [-0.25, -0.2) is 4.79 Å². The van der Waals surface area contributed by atoms with Crippen LogP contribution >= 0.6 is 0 Å². The van der Waals surface area contributed by atoms with Crippen LogP contribution in [0.5, 0.6) is 5.75 Å². The van der Waals surface area contributed by atoms with Gasteiger partial charge in [0.1, 0.15) is 11.9 Å². The Labute approximate surface area is 187 Å². The number of hydrogen-bond acceptors (Lipinski definition) is 5. The fourth-order valence-corrected chi connectivity index (χ4v) is 5.04. The minimum atomic E-state index is -0.332. The second kappa shape index (κ2) is 10.6. The molecular weight excluding hydrogens is 392 g/mol. The van der Waals surface area contributed by atoms with Crippen LogP contribution in [-0.2, 0) is 19.0 Å². The maximum Gasteiger partial charge on any atom is 0.331 e. The zero-order valence-electron chi connectivity index (χ0n) is 19.6. The Bertz CT molecular complexity index is 735. The molecule has 0 bridgehead atoms. The molecule has 1 spiro atoms. The SMILES string of the molecule is COc1ccc(/C=C/C(=O)O[C@@H]2CC[C@]3(CO3)[C@@H](C(C)CCCC(C)C)[C@@H]2OC)cc1. The van der Waals surface area contributed by atoms with Gasteiger partial charge in [0.2, 0.25) is 0 Å². The van der Waals surface area contributed by atoms with Gasteiger partial charge in [-0.05, 0) is 48.4 Å². The van der Waals surface area contributed by atoms with E-state index in [4.69, 9.17) is 18.9 Å². The summed E-state index contributed by atoms with van der Waals surface area (Å²) < 4.78 is 22.9. The van der Waals surface area contributed by atoms with Gasteiger partial charge in [0.25, 0.3) is 0 Å². The molecule has 1 aliphatic heterocycles. The molecule has 0 radical (unpaired) electrons. The summed E-state index contributed by atoms with van der Waals surface area (Å²) >= 11 is 0. The number of ether oxygens (including phenoxy) is 4. The first-order valence-electron chi connectivity index (χ1n) is 11.6. The lowest BCUT2D eigenvalue weighted by Gasteiger charge is -2.43. The maximum absolute atomic E-state index is 12.5. The highest BCUT2D eigenvalue weighted by molar-refractivity contribution is 5.87. The van der Waals surface area contributed by atoms with Crippen molar-refractivity contribution in [3.05, 3.63) is 35.9 Å². The fraction of sp³-hybridized carbons (Fsp3) is 0.654. The second-order valence-electron chi connectivity index (χ2n) is 9.50. The quantitative estimate of drug-likeness (QED) is 0.287. The van der Waals surface area contributed by atoms with Gasteiger partial charge in [-0.15, -0.1) is 0 Å². The molecule has 3 rings (SSSR count). The van der Waals surface area contributed by atoms with E-state index in [2.05, 4.69) is 20.8 Å². The van der Waals surface area contributed by atoms with Crippen molar-refractivity contribution >= 4 is 12.0 Å². The van der Waals surface area contributed by atoms with Crippen LogP contribution in [0.15, 0.2) is 30.3 Å². The lowest BCUT2D eigenvalue weighted by molar-refractivity contribution is -0.165. The lowest BCUT2D eigenvalue weighted by atomic mass is 9.68. The number of esters is 1. The predicted molar refractivity (Wildman–Crippen MR) is 122 cm³/mol. The third kappa shape index (κ3) is 6.11. The van der Waals surface area contributed by atoms with Crippen LogP contribution in [0.1, 0.15) is 58.4 Å². The third-order valence-electron chi connectivity index (χ3n) is 6.82. The van der Waals surface area contributed by atoms with Crippen molar-refractivity contribution in [2.45, 2.75) is 70.7 Å². The van der Waals surface area contributed by atoms with Gasteiger partial charge in [-0.2, -0.15) is 0 Å². The molecule has 1 saturated heterocycles. The third-order valence-corrected chi connectivity index (χ3v) is 6.82. The molecule has 0 aromatic heterocycles. The lowest BCUT2D eigenvalue weighted by Crippen LogP contribution is -2.52. The fourth-order valence-electron chi connectivity index (χ4n) is 5.04. The molecule has 1 saturated carbocycles. The highest BCUT2D eigenvalue weighted by Gasteiger charge is 2.60. The van der Waals surface area contributed by atoms with Gasteiger partial charge < -0.3 is 18.9 Å². The van der Waals surface area contributed by atoms with E-state index in [-0.39, 0.29) is 29.7 Å². The van der Waals surface area contributed by atoms with Crippen molar-refractivity contribution in [3.63, 3.8) is 0 Å². The summed E-state index contributed by atoms with van der Waals surface area (Å²) in [7, 11) is 3.36. The summed E-state index contributed by atoms with van der Waals surface area (Å²) in [6, 6.07) is 7.55. The summed E-state index contributed by atoms with van der Waals surface area (Å²) in [5, 5.41) is 0. The first-order valence-corrected chi connectivity index (χ1v) is 11.6. The summed E-state index contributed by atoms with van der Waals surface area (Å²) in [4.78, 5) is 12.5. The van der Waals surface area contributed by atoms with Gasteiger partial charge in [0.15, 0.2) is 0 Å². The van der Waals surface area contributed by atoms with Gasteiger partial charge in [-0.3, -0.25) is 0 Å². The average Bonchev–Trinajstić information content (AvgIpc) is 3.53. The zero-order valence-corrected chi connectivity index (χ0v) is 19.6. The molecule has 1 heterocycles. The van der Waals surface area contributed by atoms with Crippen LogP contribution in [-0.4, -0.2) is 44.6 Å². The molecule has 2 fully saturated rings. The Balaban J connectivity index is 1.62. The minimum Gasteiger partial charge on any atom is -0.497 e. The molecule has 0 amide bonds. The number of methoxy groups -OCH3 is 2. The topological polar surface area (TPSA) is 57.3 Å². The number of epoxide rings is 1. The Morgan fingerprint density at radius 2 is 1.90 bits per heavy atom. The number of benzene rings is 1. The van der Waals surface area contributed by atoms with E-state index in [1.54, 1.807) is 20.3 Å². The largest absolute Gasteiger partial charge is 0.497 e. The van der Waals surface area contributed by atoms with Crippen LogP contribution in [0.25, 0.3) is 6.08 Å². The van der Waals surface area contributed by atoms with E-state index in [9.17, 15) is 4.79 Å². The van der Waals surface area contributed by atoms with Gasteiger partial charge in [0, 0.05) is 19.1 Å². The van der Waals surface area contributed by atoms with Crippen LogP contribution in [0.2, 0.25) is 0 Å². The molecular formula is C26H38O5. The molecule has 172 valence electrons. The van der Waals surface area contributed by atoms with Crippen molar-refractivity contribution in [1.82, 2.24) is 0 Å². The van der Waals surface area contributed by atoms with Crippen LogP contribution in [0, 0.1) is 17.8 Å². The van der Waals surface area contributed by atoms with Crippen molar-refractivity contribution in [2.24, 2.45) is 17.8 Å². The Morgan fingerprint density at radius 1 is 1.19 bits per heavy atom. The summed E-state index contributed by atoms with van der Waals surface area (Å²) in [6.07, 6.45) is 8.16. The highest BCUT2D eigenvalue weighted by atomic mass is 16.6. The first-order chi connectivity index (χ1) is 14.9. The van der Waals surface area contributed by atoms with Crippen LogP contribution in [0.4, 0.5) is 0 Å². The van der Waals surface area contributed by atoms with E-state index in [1.165, 1.54) is 18.9 Å². The summed E-state index contributed by atoms with van der Waals surface area (Å²) in [5.41, 5.74) is 0.839. The number of carbonyl (C=O) groups excluding carboxylic acids is 1. The number of rotatable bonds is 10. The Kier molecular flexibility index (Phi) is 8.17. The van der Waals surface area contributed by atoms with E-state index in [0.717, 1.165) is 37.2 Å². The smallest absolute Gasteiger partial charge is 0.331 e. The van der Waals surface area contributed by atoms with E-state index in [1.807, 2.05) is 24.3 Å². The number of hydrogen-bond donors (Lipinski definition) is 0. The summed E-state index contributed by atoms with van der Waals surface area (Å²) in [5.74, 6) is 1.88. The van der Waals surface area contributed by atoms with E-state index < -0.39 is 0 Å². The molecule has 5 nitrogen and oxygen atoms in total. The van der Waals surface area contributed by atoms with Crippen LogP contribution in [0.3, 0.4) is 0 Å². The molecule has 0 N–H and O–H groups in total. The van der Waals surface area contributed by atoms with Crippen molar-refractivity contribution in [3.8, 4) is 5.75 Å². The molecule has 1 unspecified atom stereocenters. The van der Waals surface area contributed by atoms with Gasteiger partial charge >= 0.3 is 5.97 Å². The second-order valence-corrected chi connectivity index (χ2v) is 9.50. The van der Waals surface area contributed by atoms with Crippen molar-refractivity contribution in [1.29, 1.82) is 0 Å². The first kappa shape index (κ1) is 23.8. The molecule has 5 heteroatoms. The van der Waals surface area contributed by atoms with Gasteiger partial charge in [-0.1, -0.05) is 52.2 Å². The normalized spacial score (nSPS) is 28.8. The molecule has 1 aromatic rings. The van der Waals surface area contributed by atoms with Crippen molar-refractivity contribution < 1.29 is 23.7 Å². The monoisotopic (exact) mass is 430 g/mol. The molecule has 5 atom stereocenters. The van der Waals surface area contributed by atoms with Crippen LogP contribution < -0.4 is 4.74 Å². The maximum atomic E-state index is 12.5.